The van der Waals surface area contributed by atoms with Gasteiger partial charge in [-0.2, -0.15) is 0 Å². The fourth-order valence-electron chi connectivity index (χ4n) is 1.73. The maximum absolute atomic E-state index is 3.44. The van der Waals surface area contributed by atoms with Gasteiger partial charge in [-0.05, 0) is 24.4 Å². The standard InChI is InChI=1S/C11H15N/c1-9(11-7-8-12-11)10-5-3-2-4-6-10/h2-6,9,11-12H,7-8H2,1H3/t9-,11-/m0/s1. The average Bonchev–Trinajstić information content (AvgIpc) is 2.03. The fraction of sp³-hybridized carbons (Fsp3) is 0.455. The first-order valence-corrected chi connectivity index (χ1v) is 4.66. The van der Waals surface area contributed by atoms with E-state index in [0.717, 1.165) is 0 Å². The molecule has 1 heterocycles. The topological polar surface area (TPSA) is 12.0 Å². The first kappa shape index (κ1) is 7.81. The first-order chi connectivity index (χ1) is 5.88. The SMILES string of the molecule is C[C@@H](c1ccccc1)[C@@H]1CCN1. The lowest BCUT2D eigenvalue weighted by molar-refractivity contribution is 0.328. The van der Waals surface area contributed by atoms with Crippen LogP contribution in [0.4, 0.5) is 0 Å². The molecule has 1 heteroatoms. The quantitative estimate of drug-likeness (QED) is 0.700. The van der Waals surface area contributed by atoms with E-state index in [1.165, 1.54) is 18.5 Å². The van der Waals surface area contributed by atoms with Crippen LogP contribution in [0.5, 0.6) is 0 Å². The van der Waals surface area contributed by atoms with E-state index in [1.54, 1.807) is 0 Å². The zero-order valence-electron chi connectivity index (χ0n) is 7.46. The minimum Gasteiger partial charge on any atom is -0.313 e. The second-order valence-electron chi connectivity index (χ2n) is 3.55. The smallest absolute Gasteiger partial charge is 0.0145 e. The molecular formula is C11H15N. The average molecular weight is 161 g/mol. The number of hydrogen-bond donors (Lipinski definition) is 1. The molecule has 1 aliphatic rings. The Morgan fingerprint density at radius 1 is 1.33 bits per heavy atom. The molecule has 1 aliphatic heterocycles. The Morgan fingerprint density at radius 3 is 2.50 bits per heavy atom. The lowest BCUT2D eigenvalue weighted by Gasteiger charge is -2.33. The summed E-state index contributed by atoms with van der Waals surface area (Å²) in [7, 11) is 0. The van der Waals surface area contributed by atoms with Crippen LogP contribution in [-0.4, -0.2) is 12.6 Å². The van der Waals surface area contributed by atoms with Gasteiger partial charge in [-0.1, -0.05) is 37.3 Å². The Hall–Kier alpha value is -0.820. The van der Waals surface area contributed by atoms with Crippen molar-refractivity contribution in [2.24, 2.45) is 0 Å². The van der Waals surface area contributed by atoms with E-state index in [-0.39, 0.29) is 0 Å². The van der Waals surface area contributed by atoms with Crippen LogP contribution in [0, 0.1) is 0 Å². The van der Waals surface area contributed by atoms with Gasteiger partial charge < -0.3 is 5.32 Å². The van der Waals surface area contributed by atoms with Crippen LogP contribution in [0.2, 0.25) is 0 Å². The largest absolute Gasteiger partial charge is 0.313 e. The van der Waals surface area contributed by atoms with E-state index in [9.17, 15) is 0 Å². The monoisotopic (exact) mass is 161 g/mol. The fourth-order valence-corrected chi connectivity index (χ4v) is 1.73. The van der Waals surface area contributed by atoms with Crippen molar-refractivity contribution in [3.8, 4) is 0 Å². The van der Waals surface area contributed by atoms with Crippen molar-refractivity contribution in [3.05, 3.63) is 35.9 Å². The van der Waals surface area contributed by atoms with Gasteiger partial charge in [-0.15, -0.1) is 0 Å². The van der Waals surface area contributed by atoms with E-state index in [2.05, 4.69) is 42.6 Å². The van der Waals surface area contributed by atoms with Crippen LogP contribution < -0.4 is 5.32 Å². The van der Waals surface area contributed by atoms with Crippen LogP contribution in [0.25, 0.3) is 0 Å². The summed E-state index contributed by atoms with van der Waals surface area (Å²) >= 11 is 0. The third-order valence-corrected chi connectivity index (χ3v) is 2.79. The molecule has 2 atom stereocenters. The second-order valence-corrected chi connectivity index (χ2v) is 3.55. The Labute approximate surface area is 73.8 Å². The zero-order valence-corrected chi connectivity index (χ0v) is 7.46. The molecule has 1 N–H and O–H groups in total. The molecule has 0 unspecified atom stereocenters. The minimum absolute atomic E-state index is 0.667. The summed E-state index contributed by atoms with van der Waals surface area (Å²) in [6.45, 7) is 3.49. The summed E-state index contributed by atoms with van der Waals surface area (Å²) < 4.78 is 0. The highest BCUT2D eigenvalue weighted by Crippen LogP contribution is 2.23. The summed E-state index contributed by atoms with van der Waals surface area (Å²) in [5.41, 5.74) is 1.45. The van der Waals surface area contributed by atoms with Crippen molar-refractivity contribution in [3.63, 3.8) is 0 Å². The first-order valence-electron chi connectivity index (χ1n) is 4.66. The molecule has 0 spiro atoms. The van der Waals surface area contributed by atoms with Gasteiger partial charge in [0.15, 0.2) is 0 Å². The van der Waals surface area contributed by atoms with Gasteiger partial charge in [0.2, 0.25) is 0 Å². The van der Waals surface area contributed by atoms with Crippen LogP contribution in [0.3, 0.4) is 0 Å². The van der Waals surface area contributed by atoms with Crippen molar-refractivity contribution in [2.75, 3.05) is 6.54 Å². The van der Waals surface area contributed by atoms with Gasteiger partial charge in [-0.3, -0.25) is 0 Å². The maximum Gasteiger partial charge on any atom is 0.0145 e. The minimum atomic E-state index is 0.667. The normalized spacial score (nSPS) is 24.6. The van der Waals surface area contributed by atoms with Crippen LogP contribution in [0.1, 0.15) is 24.8 Å². The summed E-state index contributed by atoms with van der Waals surface area (Å²) in [6, 6.07) is 11.4. The van der Waals surface area contributed by atoms with E-state index >= 15 is 0 Å². The van der Waals surface area contributed by atoms with Crippen molar-refractivity contribution in [1.82, 2.24) is 5.32 Å². The molecule has 64 valence electrons. The highest BCUT2D eigenvalue weighted by atomic mass is 15.0. The molecule has 1 saturated heterocycles. The van der Waals surface area contributed by atoms with E-state index in [0.29, 0.717) is 12.0 Å². The number of benzene rings is 1. The zero-order chi connectivity index (χ0) is 8.39. The molecule has 1 aromatic carbocycles. The summed E-state index contributed by atoms with van der Waals surface area (Å²) in [5, 5.41) is 3.44. The van der Waals surface area contributed by atoms with E-state index in [4.69, 9.17) is 0 Å². The van der Waals surface area contributed by atoms with Gasteiger partial charge in [0.1, 0.15) is 0 Å². The van der Waals surface area contributed by atoms with Crippen molar-refractivity contribution in [1.29, 1.82) is 0 Å². The summed E-state index contributed by atoms with van der Waals surface area (Å²) in [6.07, 6.45) is 1.33. The molecule has 0 radical (unpaired) electrons. The molecule has 0 aliphatic carbocycles. The third-order valence-electron chi connectivity index (χ3n) is 2.79. The predicted octanol–water partition coefficient (Wildman–Crippen LogP) is 2.15. The molecule has 1 fully saturated rings. The van der Waals surface area contributed by atoms with Crippen LogP contribution >= 0.6 is 0 Å². The van der Waals surface area contributed by atoms with Crippen LogP contribution in [0.15, 0.2) is 30.3 Å². The van der Waals surface area contributed by atoms with Gasteiger partial charge in [-0.25, -0.2) is 0 Å². The lowest BCUT2D eigenvalue weighted by Crippen LogP contribution is -2.46. The highest BCUT2D eigenvalue weighted by molar-refractivity contribution is 5.21. The van der Waals surface area contributed by atoms with Crippen molar-refractivity contribution >= 4 is 0 Å². The van der Waals surface area contributed by atoms with Gasteiger partial charge in [0.25, 0.3) is 0 Å². The third kappa shape index (κ3) is 1.37. The molecule has 1 aromatic rings. The Bertz CT molecular complexity index is 238. The molecule has 1 nitrogen and oxygen atoms in total. The number of hydrogen-bond acceptors (Lipinski definition) is 1. The molecule has 12 heavy (non-hydrogen) atoms. The van der Waals surface area contributed by atoms with E-state index in [1.807, 2.05) is 0 Å². The van der Waals surface area contributed by atoms with Gasteiger partial charge in [0, 0.05) is 6.04 Å². The Morgan fingerprint density at radius 2 is 2.00 bits per heavy atom. The van der Waals surface area contributed by atoms with E-state index < -0.39 is 0 Å². The molecule has 0 aromatic heterocycles. The second kappa shape index (κ2) is 3.28. The van der Waals surface area contributed by atoms with Gasteiger partial charge >= 0.3 is 0 Å². The number of rotatable bonds is 2. The predicted molar refractivity (Wildman–Crippen MR) is 51.3 cm³/mol. The van der Waals surface area contributed by atoms with Crippen molar-refractivity contribution in [2.45, 2.75) is 25.3 Å². The molecule has 0 saturated carbocycles. The number of nitrogens with one attached hydrogen (secondary N) is 1. The molecular weight excluding hydrogens is 146 g/mol. The Balaban J connectivity index is 2.08. The van der Waals surface area contributed by atoms with Gasteiger partial charge in [0.05, 0.1) is 0 Å². The molecule has 0 amide bonds. The lowest BCUT2D eigenvalue weighted by atomic mass is 9.87. The van der Waals surface area contributed by atoms with Crippen molar-refractivity contribution < 1.29 is 0 Å². The van der Waals surface area contributed by atoms with Crippen LogP contribution in [-0.2, 0) is 0 Å². The highest BCUT2D eigenvalue weighted by Gasteiger charge is 2.23. The summed E-state index contributed by atoms with van der Waals surface area (Å²) in [5.74, 6) is 0.667. The molecule has 2 rings (SSSR count). The maximum atomic E-state index is 3.44. The Kier molecular flexibility index (Phi) is 2.13. The molecule has 0 bridgehead atoms. The summed E-state index contributed by atoms with van der Waals surface area (Å²) in [4.78, 5) is 0.